The van der Waals surface area contributed by atoms with Crippen LogP contribution in [0.1, 0.15) is 38.5 Å². The molecule has 35 heavy (non-hydrogen) atoms. The smallest absolute Gasteiger partial charge is 0.263 e. The number of carbonyl (C=O) groups is 1. The number of rotatable bonds is 7. The van der Waals surface area contributed by atoms with Crippen molar-refractivity contribution in [2.45, 2.75) is 50.2 Å². The van der Waals surface area contributed by atoms with Crippen molar-refractivity contribution in [2.24, 2.45) is 5.92 Å². The standard InChI is InChI=1S/C26H34N6O2S/c1-2-13-31-24(34)21-9-5-6-10-22(21)32-25(31)27-28-26(32)35-19-23(33)30-16-11-20(12-17-30)18-29-14-7-3-4-8-15-29/h2,5-6,9-10,20H,1,3-4,7-8,11-19H2. The fourth-order valence-electron chi connectivity index (χ4n) is 5.39. The molecule has 2 aliphatic rings. The van der Waals surface area contributed by atoms with Crippen LogP contribution in [0, 0.1) is 5.92 Å². The number of allylic oxidation sites excluding steroid dienone is 1. The van der Waals surface area contributed by atoms with Gasteiger partial charge < -0.3 is 9.80 Å². The molecule has 9 heteroatoms. The number of nitrogens with zero attached hydrogens (tertiary/aromatic N) is 6. The number of hydrogen-bond donors (Lipinski definition) is 0. The summed E-state index contributed by atoms with van der Waals surface area (Å²) < 4.78 is 3.45. The minimum atomic E-state index is -0.115. The molecule has 0 bridgehead atoms. The van der Waals surface area contributed by atoms with E-state index in [4.69, 9.17) is 0 Å². The quantitative estimate of drug-likeness (QED) is 0.370. The Balaban J connectivity index is 1.24. The molecule has 0 atom stereocenters. The molecule has 0 unspecified atom stereocenters. The maximum absolute atomic E-state index is 13.0. The van der Waals surface area contributed by atoms with Crippen molar-refractivity contribution in [1.82, 2.24) is 29.0 Å². The molecule has 0 radical (unpaired) electrons. The van der Waals surface area contributed by atoms with Gasteiger partial charge in [0.15, 0.2) is 5.16 Å². The molecule has 5 rings (SSSR count). The number of amides is 1. The van der Waals surface area contributed by atoms with Crippen molar-refractivity contribution >= 4 is 34.3 Å². The Morgan fingerprint density at radius 1 is 1.06 bits per heavy atom. The van der Waals surface area contributed by atoms with Crippen LogP contribution < -0.4 is 5.56 Å². The van der Waals surface area contributed by atoms with E-state index in [9.17, 15) is 9.59 Å². The summed E-state index contributed by atoms with van der Waals surface area (Å²) in [5.74, 6) is 1.62. The van der Waals surface area contributed by atoms with Gasteiger partial charge in [0.2, 0.25) is 11.7 Å². The maximum Gasteiger partial charge on any atom is 0.263 e. The first-order chi connectivity index (χ1) is 17.2. The fraction of sp³-hybridized carbons (Fsp3) is 0.538. The molecule has 2 aliphatic heterocycles. The molecule has 0 N–H and O–H groups in total. The van der Waals surface area contributed by atoms with Crippen molar-refractivity contribution in [3.63, 3.8) is 0 Å². The molecule has 0 saturated carbocycles. The van der Waals surface area contributed by atoms with E-state index in [1.54, 1.807) is 10.6 Å². The zero-order valence-corrected chi connectivity index (χ0v) is 21.1. The van der Waals surface area contributed by atoms with Crippen LogP contribution in [-0.4, -0.2) is 73.3 Å². The molecule has 186 valence electrons. The molecule has 2 saturated heterocycles. The van der Waals surface area contributed by atoms with Crippen LogP contribution in [-0.2, 0) is 11.3 Å². The Morgan fingerprint density at radius 2 is 1.80 bits per heavy atom. The van der Waals surface area contributed by atoms with Gasteiger partial charge in [0.05, 0.1) is 16.7 Å². The maximum atomic E-state index is 13.0. The van der Waals surface area contributed by atoms with Gasteiger partial charge in [-0.05, 0) is 56.8 Å². The van der Waals surface area contributed by atoms with Crippen molar-refractivity contribution in [3.05, 3.63) is 47.3 Å². The molecular formula is C26H34N6O2S. The van der Waals surface area contributed by atoms with Crippen LogP contribution >= 0.6 is 11.8 Å². The largest absolute Gasteiger partial charge is 0.342 e. The summed E-state index contributed by atoms with van der Waals surface area (Å²) in [7, 11) is 0. The summed E-state index contributed by atoms with van der Waals surface area (Å²) in [4.78, 5) is 30.6. The van der Waals surface area contributed by atoms with Gasteiger partial charge in [-0.2, -0.15) is 0 Å². The molecule has 8 nitrogen and oxygen atoms in total. The molecule has 1 amide bonds. The SMILES string of the molecule is C=CCn1c(=O)c2ccccc2n2c(SCC(=O)N3CCC(CN4CCCCCC4)CC3)nnc12. The Hall–Kier alpha value is -2.65. The molecular weight excluding hydrogens is 460 g/mol. The van der Waals surface area contributed by atoms with Crippen LogP contribution in [0.4, 0.5) is 0 Å². The first kappa shape index (κ1) is 24.1. The van der Waals surface area contributed by atoms with E-state index >= 15 is 0 Å². The number of thioether (sulfide) groups is 1. The Kier molecular flexibility index (Phi) is 7.53. The van der Waals surface area contributed by atoms with E-state index in [1.165, 1.54) is 57.1 Å². The van der Waals surface area contributed by atoms with Crippen LogP contribution in [0.5, 0.6) is 0 Å². The summed E-state index contributed by atoms with van der Waals surface area (Å²) in [5.41, 5.74) is 0.637. The lowest BCUT2D eigenvalue weighted by molar-refractivity contribution is -0.129. The highest BCUT2D eigenvalue weighted by molar-refractivity contribution is 7.99. The summed E-state index contributed by atoms with van der Waals surface area (Å²) in [6.45, 7) is 9.43. The van der Waals surface area contributed by atoms with Crippen LogP contribution in [0.2, 0.25) is 0 Å². The van der Waals surface area contributed by atoms with Crippen LogP contribution in [0.15, 0.2) is 46.9 Å². The van der Waals surface area contributed by atoms with Gasteiger partial charge in [-0.25, -0.2) is 0 Å². The number of para-hydroxylation sites is 1. The second kappa shape index (κ2) is 11.0. The van der Waals surface area contributed by atoms with Crippen molar-refractivity contribution in [2.75, 3.05) is 38.5 Å². The average molecular weight is 495 g/mol. The summed E-state index contributed by atoms with van der Waals surface area (Å²) in [5, 5.41) is 9.85. The normalized spacial score (nSPS) is 18.2. The lowest BCUT2D eigenvalue weighted by atomic mass is 9.96. The first-order valence-electron chi connectivity index (χ1n) is 12.8. The summed E-state index contributed by atoms with van der Waals surface area (Å²) in [6.07, 6.45) is 9.22. The second-order valence-electron chi connectivity index (χ2n) is 9.67. The lowest BCUT2D eigenvalue weighted by Crippen LogP contribution is -2.42. The Bertz CT molecular complexity index is 1250. The van der Waals surface area contributed by atoms with E-state index in [-0.39, 0.29) is 11.5 Å². The van der Waals surface area contributed by atoms with Crippen LogP contribution in [0.3, 0.4) is 0 Å². The molecule has 3 aromatic rings. The van der Waals surface area contributed by atoms with E-state index < -0.39 is 0 Å². The zero-order valence-electron chi connectivity index (χ0n) is 20.3. The first-order valence-corrected chi connectivity index (χ1v) is 13.7. The van der Waals surface area contributed by atoms with Gasteiger partial charge >= 0.3 is 0 Å². The number of likely N-dealkylation sites (tertiary alicyclic amines) is 2. The van der Waals surface area contributed by atoms with Gasteiger partial charge in [0.1, 0.15) is 0 Å². The van der Waals surface area contributed by atoms with Crippen molar-refractivity contribution < 1.29 is 4.79 Å². The van der Waals surface area contributed by atoms with Crippen LogP contribution in [0.25, 0.3) is 16.7 Å². The average Bonchev–Trinajstić information content (AvgIpc) is 3.14. The molecule has 2 aromatic heterocycles. The molecule has 0 spiro atoms. The second-order valence-corrected chi connectivity index (χ2v) is 10.6. The number of fused-ring (bicyclic) bond motifs is 3. The zero-order chi connectivity index (χ0) is 24.2. The third-order valence-corrected chi connectivity index (χ3v) is 8.21. The van der Waals surface area contributed by atoms with Crippen molar-refractivity contribution in [3.8, 4) is 0 Å². The predicted octanol–water partition coefficient (Wildman–Crippen LogP) is 3.44. The van der Waals surface area contributed by atoms with E-state index in [0.29, 0.717) is 34.5 Å². The monoisotopic (exact) mass is 494 g/mol. The Labute approximate surface area is 210 Å². The third kappa shape index (κ3) is 5.16. The predicted molar refractivity (Wildman–Crippen MR) is 140 cm³/mol. The van der Waals surface area contributed by atoms with Gasteiger partial charge in [-0.3, -0.25) is 18.6 Å². The van der Waals surface area contributed by atoms with Gasteiger partial charge in [0, 0.05) is 26.2 Å². The highest BCUT2D eigenvalue weighted by Gasteiger charge is 2.25. The number of carbonyl (C=O) groups excluding carboxylic acids is 1. The minimum absolute atomic E-state index is 0.115. The third-order valence-electron chi connectivity index (χ3n) is 7.30. The van der Waals surface area contributed by atoms with E-state index in [0.717, 1.165) is 31.4 Å². The fourth-order valence-corrected chi connectivity index (χ4v) is 6.23. The van der Waals surface area contributed by atoms with E-state index in [1.807, 2.05) is 33.6 Å². The number of aromatic nitrogens is 4. The van der Waals surface area contributed by atoms with Gasteiger partial charge in [0.25, 0.3) is 5.56 Å². The topological polar surface area (TPSA) is 75.7 Å². The molecule has 0 aliphatic carbocycles. The highest BCUT2D eigenvalue weighted by Crippen LogP contribution is 2.24. The molecule has 4 heterocycles. The minimum Gasteiger partial charge on any atom is -0.342 e. The summed E-state index contributed by atoms with van der Waals surface area (Å²) >= 11 is 1.39. The lowest BCUT2D eigenvalue weighted by Gasteiger charge is -2.34. The van der Waals surface area contributed by atoms with Crippen molar-refractivity contribution in [1.29, 1.82) is 0 Å². The Morgan fingerprint density at radius 3 is 2.54 bits per heavy atom. The summed E-state index contributed by atoms with van der Waals surface area (Å²) in [6, 6.07) is 7.46. The van der Waals surface area contributed by atoms with E-state index in [2.05, 4.69) is 21.7 Å². The molecule has 1 aromatic carbocycles. The van der Waals surface area contributed by atoms with Gasteiger partial charge in [-0.1, -0.05) is 42.8 Å². The number of hydrogen-bond acceptors (Lipinski definition) is 6. The number of piperidine rings is 1. The molecule has 2 fully saturated rings. The highest BCUT2D eigenvalue weighted by atomic mass is 32.2. The van der Waals surface area contributed by atoms with Gasteiger partial charge in [-0.15, -0.1) is 16.8 Å². The number of benzene rings is 1.